The zero-order valence-corrected chi connectivity index (χ0v) is 24.5. The summed E-state index contributed by atoms with van der Waals surface area (Å²) in [4.78, 5) is 46.4. The number of carbonyl (C=O) groups is 2. The Kier molecular flexibility index (Phi) is 8.08. The lowest BCUT2D eigenvalue weighted by Crippen LogP contribution is -2.53. The Morgan fingerprint density at radius 2 is 1.86 bits per heavy atom. The van der Waals surface area contributed by atoms with Gasteiger partial charge in [-0.15, -0.1) is 0 Å². The van der Waals surface area contributed by atoms with Crippen LogP contribution in [0, 0.1) is 6.92 Å². The highest BCUT2D eigenvalue weighted by molar-refractivity contribution is 5.98. The zero-order valence-electron chi connectivity index (χ0n) is 24.5. The molecule has 2 aliphatic heterocycles. The molecule has 42 heavy (non-hydrogen) atoms. The molecule has 1 amide bonds. The van der Waals surface area contributed by atoms with Gasteiger partial charge in [-0.2, -0.15) is 0 Å². The van der Waals surface area contributed by atoms with Crippen molar-refractivity contribution < 1.29 is 23.8 Å². The quantitative estimate of drug-likeness (QED) is 0.326. The molecule has 12 nitrogen and oxygen atoms in total. The first-order valence-corrected chi connectivity index (χ1v) is 13.9. The van der Waals surface area contributed by atoms with Crippen LogP contribution in [-0.4, -0.2) is 67.3 Å². The zero-order chi connectivity index (χ0) is 30.0. The molecular weight excluding hydrogens is 540 g/mol. The van der Waals surface area contributed by atoms with Gasteiger partial charge in [0.15, 0.2) is 0 Å². The molecule has 1 aromatic carbocycles. The second-order valence-electron chi connectivity index (χ2n) is 10.5. The fraction of sp³-hybridized carbons (Fsp3) is 0.400. The van der Waals surface area contributed by atoms with Crippen molar-refractivity contribution in [3.63, 3.8) is 0 Å². The number of ether oxygens (including phenoxy) is 3. The lowest BCUT2D eigenvalue weighted by Gasteiger charge is -2.39. The maximum absolute atomic E-state index is 14.0. The van der Waals surface area contributed by atoms with Crippen molar-refractivity contribution in [1.82, 2.24) is 19.8 Å². The minimum atomic E-state index is -0.787. The van der Waals surface area contributed by atoms with Crippen LogP contribution in [0.15, 0.2) is 41.3 Å². The topological polar surface area (TPSA) is 136 Å². The number of hydrogen-bond acceptors (Lipinski definition) is 10. The van der Waals surface area contributed by atoms with Crippen LogP contribution < -0.4 is 31.0 Å². The predicted octanol–water partition coefficient (Wildman–Crippen LogP) is 3.22. The highest BCUT2D eigenvalue weighted by atomic mass is 16.5. The van der Waals surface area contributed by atoms with Gasteiger partial charge in [0.2, 0.25) is 0 Å². The lowest BCUT2D eigenvalue weighted by molar-refractivity contribution is 0.0527. The third-order valence-corrected chi connectivity index (χ3v) is 7.82. The maximum Gasteiger partial charge on any atom is 0.341 e. The monoisotopic (exact) mass is 576 g/mol. The minimum Gasteiger partial charge on any atom is -0.497 e. The smallest absolute Gasteiger partial charge is 0.341 e. The van der Waals surface area contributed by atoms with Gasteiger partial charge < -0.3 is 35.1 Å². The Morgan fingerprint density at radius 3 is 2.55 bits per heavy atom. The van der Waals surface area contributed by atoms with Gasteiger partial charge in [0, 0.05) is 56.4 Å². The normalized spacial score (nSPS) is 15.6. The Morgan fingerprint density at radius 1 is 1.10 bits per heavy atom. The molecule has 1 fully saturated rings. The number of nitrogens with zero attached hydrogens (tertiary/aromatic N) is 3. The molecule has 4 heterocycles. The van der Waals surface area contributed by atoms with Gasteiger partial charge in [-0.05, 0) is 44.7 Å². The second kappa shape index (κ2) is 11.7. The Bertz CT molecular complexity index is 1580. The number of rotatable bonds is 9. The van der Waals surface area contributed by atoms with Crippen LogP contribution in [0.1, 0.15) is 51.7 Å². The lowest BCUT2D eigenvalue weighted by atomic mass is 9.97. The van der Waals surface area contributed by atoms with Crippen molar-refractivity contribution in [1.29, 1.82) is 0 Å². The van der Waals surface area contributed by atoms with Crippen molar-refractivity contribution in [2.75, 3.05) is 51.6 Å². The Labute approximate surface area is 244 Å². The van der Waals surface area contributed by atoms with E-state index in [9.17, 15) is 14.4 Å². The molecule has 5 rings (SSSR count). The van der Waals surface area contributed by atoms with Gasteiger partial charge in [0.05, 0.1) is 26.5 Å². The highest BCUT2D eigenvalue weighted by Gasteiger charge is 2.46. The number of carbonyl (C=O) groups excluding carboxylic acids is 2. The number of methoxy groups -OCH3 is 2. The summed E-state index contributed by atoms with van der Waals surface area (Å²) in [5, 5.41) is 9.51. The molecule has 222 valence electrons. The molecule has 12 heteroatoms. The molecule has 0 aliphatic carbocycles. The van der Waals surface area contributed by atoms with Crippen molar-refractivity contribution in [3.8, 4) is 11.5 Å². The first-order valence-electron chi connectivity index (χ1n) is 13.9. The molecule has 0 bridgehead atoms. The van der Waals surface area contributed by atoms with Gasteiger partial charge in [0.25, 0.3) is 11.5 Å². The number of piperidine rings is 1. The van der Waals surface area contributed by atoms with Gasteiger partial charge in [-0.1, -0.05) is 0 Å². The van der Waals surface area contributed by atoms with Crippen LogP contribution >= 0.6 is 0 Å². The second-order valence-corrected chi connectivity index (χ2v) is 10.5. The molecule has 2 aliphatic rings. The fourth-order valence-corrected chi connectivity index (χ4v) is 5.54. The molecule has 0 unspecified atom stereocenters. The molecule has 0 saturated carbocycles. The summed E-state index contributed by atoms with van der Waals surface area (Å²) in [7, 11) is 5.20. The van der Waals surface area contributed by atoms with E-state index in [1.165, 1.54) is 6.20 Å². The van der Waals surface area contributed by atoms with Crippen molar-refractivity contribution in [2.45, 2.75) is 38.9 Å². The average molecular weight is 577 g/mol. The molecule has 0 radical (unpaired) electrons. The maximum atomic E-state index is 14.0. The van der Waals surface area contributed by atoms with Gasteiger partial charge in [-0.3, -0.25) is 14.2 Å². The van der Waals surface area contributed by atoms with Gasteiger partial charge in [0.1, 0.15) is 39.9 Å². The van der Waals surface area contributed by atoms with E-state index in [0.29, 0.717) is 53.6 Å². The average Bonchev–Trinajstić information content (AvgIpc) is 3.28. The van der Waals surface area contributed by atoms with E-state index >= 15 is 0 Å². The van der Waals surface area contributed by atoms with Crippen molar-refractivity contribution in [2.24, 2.45) is 0 Å². The summed E-state index contributed by atoms with van der Waals surface area (Å²) in [6, 6.07) is 8.82. The van der Waals surface area contributed by atoms with E-state index < -0.39 is 11.6 Å². The van der Waals surface area contributed by atoms with E-state index in [4.69, 9.17) is 14.2 Å². The molecule has 0 atom stereocenters. The number of esters is 1. The number of pyridine rings is 2. The Balaban J connectivity index is 1.50. The Hall–Kier alpha value is -4.58. The molecule has 3 N–H and O–H groups in total. The van der Waals surface area contributed by atoms with Crippen LogP contribution in [0.25, 0.3) is 0 Å². The van der Waals surface area contributed by atoms with E-state index in [0.717, 1.165) is 18.7 Å². The third-order valence-electron chi connectivity index (χ3n) is 7.82. The van der Waals surface area contributed by atoms with Crippen LogP contribution in [0.5, 0.6) is 11.5 Å². The van der Waals surface area contributed by atoms with Crippen molar-refractivity contribution in [3.05, 3.63) is 69.3 Å². The molecule has 1 saturated heterocycles. The number of nitrogens with one attached hydrogen (secondary N) is 3. The number of anilines is 3. The van der Waals surface area contributed by atoms with Crippen LogP contribution in [0.4, 0.5) is 17.2 Å². The highest BCUT2D eigenvalue weighted by Crippen LogP contribution is 2.34. The van der Waals surface area contributed by atoms with Gasteiger partial charge in [-0.25, -0.2) is 9.78 Å². The summed E-state index contributed by atoms with van der Waals surface area (Å²) < 4.78 is 17.6. The third kappa shape index (κ3) is 5.37. The van der Waals surface area contributed by atoms with E-state index in [2.05, 4.69) is 25.8 Å². The van der Waals surface area contributed by atoms with Crippen LogP contribution in [0.3, 0.4) is 0 Å². The number of likely N-dealkylation sites (tertiary alicyclic amines) is 1. The fourth-order valence-electron chi connectivity index (χ4n) is 5.54. The van der Waals surface area contributed by atoms with Crippen molar-refractivity contribution >= 4 is 29.1 Å². The molecule has 1 spiro atoms. The predicted molar refractivity (Wildman–Crippen MR) is 158 cm³/mol. The standard InChI is InChI=1S/C30H36N6O6/c1-6-42-29(39)21-17-32-25(31-16-19-7-8-20(40-4)14-24(19)41-5)15-22(21)33-23-13-18(2)26-27(37)34-30(36(26)28(23)38)9-11-35(3)12-10-30/h7-8,13-15,17H,6,9-12,16H2,1-5H3,(H,34,37)(H2,31,32,33). The van der Waals surface area contributed by atoms with Crippen LogP contribution in [-0.2, 0) is 16.9 Å². The summed E-state index contributed by atoms with van der Waals surface area (Å²) in [5.74, 6) is 0.963. The van der Waals surface area contributed by atoms with E-state index in [1.807, 2.05) is 19.2 Å². The minimum absolute atomic E-state index is 0.176. The number of aryl methyl sites for hydroxylation is 1. The van der Waals surface area contributed by atoms with Crippen LogP contribution in [0.2, 0.25) is 0 Å². The number of amides is 1. The van der Waals surface area contributed by atoms with Gasteiger partial charge >= 0.3 is 5.97 Å². The molecular formula is C30H36N6O6. The first kappa shape index (κ1) is 28.9. The summed E-state index contributed by atoms with van der Waals surface area (Å²) in [6.07, 6.45) is 2.63. The largest absolute Gasteiger partial charge is 0.497 e. The van der Waals surface area contributed by atoms with E-state index in [-0.39, 0.29) is 29.3 Å². The number of fused-ring (bicyclic) bond motifs is 2. The molecule has 2 aromatic heterocycles. The van der Waals surface area contributed by atoms with E-state index in [1.54, 1.807) is 50.8 Å². The first-order chi connectivity index (χ1) is 20.2. The molecule has 3 aromatic rings. The summed E-state index contributed by atoms with van der Waals surface area (Å²) in [5.41, 5.74) is 1.53. The summed E-state index contributed by atoms with van der Waals surface area (Å²) in [6.45, 7) is 5.57. The SMILES string of the molecule is CCOC(=O)c1cnc(NCc2ccc(OC)cc2OC)cc1Nc1cc(C)c2n(c1=O)C1(CCN(C)CC1)NC2=O. The number of benzene rings is 1. The summed E-state index contributed by atoms with van der Waals surface area (Å²) >= 11 is 0. The number of aromatic nitrogens is 2. The number of hydrogen-bond donors (Lipinski definition) is 3.